The summed E-state index contributed by atoms with van der Waals surface area (Å²) in [4.78, 5) is 0. The molecule has 1 N–H and O–H groups in total. The van der Waals surface area contributed by atoms with Gasteiger partial charge in [0, 0.05) is 0 Å². The Labute approximate surface area is 136 Å². The predicted molar refractivity (Wildman–Crippen MR) is 88.5 cm³/mol. The van der Waals surface area contributed by atoms with Crippen LogP contribution >= 0.6 is 0 Å². The Hall–Kier alpha value is -0.0800. The van der Waals surface area contributed by atoms with E-state index in [1.807, 2.05) is 0 Å². The molecule has 0 aromatic heterocycles. The van der Waals surface area contributed by atoms with E-state index in [0.717, 1.165) is 18.9 Å². The molecular formula is C20H34O2. The average Bonchev–Trinajstić information content (AvgIpc) is 2.82. The largest absolute Gasteiger partial charge is 0.393 e. The van der Waals surface area contributed by atoms with Crippen LogP contribution in [0, 0.1) is 40.4 Å². The molecule has 1 saturated heterocycles. The first-order chi connectivity index (χ1) is 10.3. The van der Waals surface area contributed by atoms with Crippen LogP contribution < -0.4 is 0 Å². The number of fused-ring (bicyclic) bond motifs is 3. The number of ether oxygens (including phenoxy) is 1. The van der Waals surface area contributed by atoms with Gasteiger partial charge in [-0.05, 0) is 72.5 Å². The third-order valence-electron chi connectivity index (χ3n) is 8.34. The van der Waals surface area contributed by atoms with Gasteiger partial charge in [-0.3, -0.25) is 0 Å². The molecule has 4 fully saturated rings. The first kappa shape index (κ1) is 15.4. The summed E-state index contributed by atoms with van der Waals surface area (Å²) in [6, 6.07) is 0. The molecule has 0 amide bonds. The second kappa shape index (κ2) is 4.96. The van der Waals surface area contributed by atoms with Gasteiger partial charge < -0.3 is 9.84 Å². The zero-order valence-electron chi connectivity index (χ0n) is 14.8. The Bertz CT molecular complexity index is 445. The quantitative estimate of drug-likeness (QED) is 0.724. The van der Waals surface area contributed by atoms with Crippen molar-refractivity contribution < 1.29 is 9.84 Å². The van der Waals surface area contributed by atoms with Crippen LogP contribution in [0.4, 0.5) is 0 Å². The number of hydrogen-bond acceptors (Lipinski definition) is 2. The second-order valence-electron chi connectivity index (χ2n) is 9.91. The predicted octanol–water partition coefficient (Wildman–Crippen LogP) is 4.26. The molecule has 1 aliphatic heterocycles. The molecule has 2 bridgehead atoms. The molecule has 4 rings (SSSR count). The summed E-state index contributed by atoms with van der Waals surface area (Å²) in [5, 5.41) is 11.2. The van der Waals surface area contributed by atoms with Crippen LogP contribution in [-0.4, -0.2) is 23.9 Å². The maximum Gasteiger partial charge on any atom is 0.0645 e. The lowest BCUT2D eigenvalue weighted by molar-refractivity contribution is -0.158. The highest BCUT2D eigenvalue weighted by molar-refractivity contribution is 5.09. The fourth-order valence-corrected chi connectivity index (χ4v) is 7.52. The zero-order valence-corrected chi connectivity index (χ0v) is 14.8. The topological polar surface area (TPSA) is 29.5 Å². The molecule has 3 saturated carbocycles. The summed E-state index contributed by atoms with van der Waals surface area (Å²) in [5.41, 5.74) is 0.503. The molecule has 0 radical (unpaired) electrons. The van der Waals surface area contributed by atoms with Crippen LogP contribution in [0.2, 0.25) is 0 Å². The van der Waals surface area contributed by atoms with Crippen molar-refractivity contribution >= 4 is 0 Å². The van der Waals surface area contributed by atoms with E-state index in [-0.39, 0.29) is 11.5 Å². The van der Waals surface area contributed by atoms with Crippen molar-refractivity contribution in [3.63, 3.8) is 0 Å². The van der Waals surface area contributed by atoms with Crippen molar-refractivity contribution in [2.45, 2.75) is 78.4 Å². The van der Waals surface area contributed by atoms with E-state index < -0.39 is 0 Å². The molecule has 4 aliphatic rings. The zero-order chi connectivity index (χ0) is 15.7. The maximum absolute atomic E-state index is 11.2. The summed E-state index contributed by atoms with van der Waals surface area (Å²) in [5.74, 6) is 3.16. The first-order valence-electron chi connectivity index (χ1n) is 9.64. The smallest absolute Gasteiger partial charge is 0.0645 e. The summed E-state index contributed by atoms with van der Waals surface area (Å²) in [6.07, 6.45) is 7.85. The Morgan fingerprint density at radius 2 is 1.82 bits per heavy atom. The van der Waals surface area contributed by atoms with Crippen LogP contribution in [0.1, 0.15) is 66.2 Å². The molecule has 22 heavy (non-hydrogen) atoms. The van der Waals surface area contributed by atoms with Gasteiger partial charge in [0.15, 0.2) is 0 Å². The average molecular weight is 306 g/mol. The Kier molecular flexibility index (Phi) is 3.48. The van der Waals surface area contributed by atoms with Gasteiger partial charge in [0.25, 0.3) is 0 Å². The van der Waals surface area contributed by atoms with E-state index in [4.69, 9.17) is 4.74 Å². The number of hydrogen-bond donors (Lipinski definition) is 1. The second-order valence-corrected chi connectivity index (χ2v) is 9.91. The van der Waals surface area contributed by atoms with Crippen LogP contribution in [0.5, 0.6) is 0 Å². The number of aliphatic hydroxyl groups is 1. The maximum atomic E-state index is 11.2. The van der Waals surface area contributed by atoms with E-state index in [1.54, 1.807) is 0 Å². The lowest BCUT2D eigenvalue weighted by Gasteiger charge is -2.59. The molecule has 0 aromatic rings. The molecule has 1 heterocycles. The van der Waals surface area contributed by atoms with Gasteiger partial charge in [-0.2, -0.15) is 0 Å². The molecule has 3 aliphatic carbocycles. The summed E-state index contributed by atoms with van der Waals surface area (Å²) in [6.45, 7) is 10.7. The monoisotopic (exact) mass is 306 g/mol. The van der Waals surface area contributed by atoms with E-state index in [1.165, 1.54) is 32.1 Å². The summed E-state index contributed by atoms with van der Waals surface area (Å²) >= 11 is 0. The first-order valence-corrected chi connectivity index (χ1v) is 9.64. The van der Waals surface area contributed by atoms with Gasteiger partial charge in [-0.15, -0.1) is 0 Å². The Morgan fingerprint density at radius 3 is 2.59 bits per heavy atom. The van der Waals surface area contributed by atoms with Gasteiger partial charge in [-0.25, -0.2) is 0 Å². The van der Waals surface area contributed by atoms with Gasteiger partial charge in [0.05, 0.1) is 18.8 Å². The van der Waals surface area contributed by atoms with E-state index in [2.05, 4.69) is 27.7 Å². The van der Waals surface area contributed by atoms with Crippen molar-refractivity contribution in [3.05, 3.63) is 0 Å². The van der Waals surface area contributed by atoms with Crippen molar-refractivity contribution in [1.82, 2.24) is 0 Å². The third-order valence-corrected chi connectivity index (χ3v) is 8.34. The highest BCUT2D eigenvalue weighted by atomic mass is 16.5. The van der Waals surface area contributed by atoms with Gasteiger partial charge in [-0.1, -0.05) is 34.1 Å². The molecule has 2 unspecified atom stereocenters. The number of rotatable bonds is 0. The minimum Gasteiger partial charge on any atom is -0.393 e. The SMILES string of the molecule is C[C@@H]1CC[C@@H]2C3OC[C@@H]4CCC[C@@](C)(CC(O)[C@@H]1C2(C)C)[C@H]34. The van der Waals surface area contributed by atoms with Crippen molar-refractivity contribution in [3.8, 4) is 0 Å². The number of aliphatic hydroxyl groups excluding tert-OH is 1. The minimum absolute atomic E-state index is 0.127. The summed E-state index contributed by atoms with van der Waals surface area (Å²) < 4.78 is 6.48. The normalized spacial score (nSPS) is 56.9. The van der Waals surface area contributed by atoms with Gasteiger partial charge in [0.1, 0.15) is 0 Å². The van der Waals surface area contributed by atoms with Gasteiger partial charge in [0.2, 0.25) is 0 Å². The highest BCUT2D eigenvalue weighted by Gasteiger charge is 2.60. The fraction of sp³-hybridized carbons (Fsp3) is 1.00. The Balaban J connectivity index is 1.79. The lowest BCUT2D eigenvalue weighted by atomic mass is 9.47. The summed E-state index contributed by atoms with van der Waals surface area (Å²) in [7, 11) is 0. The van der Waals surface area contributed by atoms with Crippen LogP contribution in [0.3, 0.4) is 0 Å². The standard InChI is InChI=1S/C20H34O2/c1-12-7-8-14-18-17-13(11-22-18)6-5-9-20(17,4)10-15(21)16(12)19(14,2)3/h12-18,21H,5-11H2,1-4H3/t12-,13+,14-,15?,16-,17+,18?,20+/m1/s1. The van der Waals surface area contributed by atoms with Crippen LogP contribution in [0.25, 0.3) is 0 Å². The lowest BCUT2D eigenvalue weighted by Crippen LogP contribution is -2.57. The van der Waals surface area contributed by atoms with Crippen molar-refractivity contribution in [2.24, 2.45) is 40.4 Å². The Morgan fingerprint density at radius 1 is 1.05 bits per heavy atom. The molecule has 0 aromatic carbocycles. The third kappa shape index (κ3) is 1.99. The van der Waals surface area contributed by atoms with E-state index in [0.29, 0.717) is 35.2 Å². The van der Waals surface area contributed by atoms with E-state index in [9.17, 15) is 5.11 Å². The molecule has 0 spiro atoms. The van der Waals surface area contributed by atoms with Crippen LogP contribution in [0.15, 0.2) is 0 Å². The molecular weight excluding hydrogens is 272 g/mol. The molecule has 8 atom stereocenters. The van der Waals surface area contributed by atoms with Crippen LogP contribution in [-0.2, 0) is 4.74 Å². The van der Waals surface area contributed by atoms with Crippen molar-refractivity contribution in [1.29, 1.82) is 0 Å². The van der Waals surface area contributed by atoms with E-state index >= 15 is 0 Å². The van der Waals surface area contributed by atoms with Crippen molar-refractivity contribution in [2.75, 3.05) is 6.61 Å². The molecule has 2 heteroatoms. The minimum atomic E-state index is -0.127. The molecule has 2 nitrogen and oxygen atoms in total. The highest BCUT2D eigenvalue weighted by Crippen LogP contribution is 2.62. The fourth-order valence-electron chi connectivity index (χ4n) is 7.52. The van der Waals surface area contributed by atoms with Gasteiger partial charge >= 0.3 is 0 Å². The molecule has 126 valence electrons.